The van der Waals surface area contributed by atoms with Gasteiger partial charge in [0.15, 0.2) is 6.10 Å². The minimum atomic E-state index is -0.639. The summed E-state index contributed by atoms with van der Waals surface area (Å²) >= 11 is 0. The van der Waals surface area contributed by atoms with Crippen LogP contribution in [0.3, 0.4) is 0 Å². The number of carbonyl (C=O) groups excluding carboxylic acids is 1. The Labute approximate surface area is 165 Å². The minimum absolute atomic E-state index is 0.234. The van der Waals surface area contributed by atoms with Gasteiger partial charge in [0, 0.05) is 19.8 Å². The molecule has 0 spiro atoms. The number of benzene rings is 2. The molecule has 1 amide bonds. The highest BCUT2D eigenvalue weighted by Gasteiger charge is 2.19. The van der Waals surface area contributed by atoms with Gasteiger partial charge in [-0.25, -0.2) is 4.98 Å². The van der Waals surface area contributed by atoms with Crippen LogP contribution >= 0.6 is 0 Å². The molecule has 6 nitrogen and oxygen atoms in total. The predicted molar refractivity (Wildman–Crippen MR) is 111 cm³/mol. The van der Waals surface area contributed by atoms with Crippen molar-refractivity contribution in [2.45, 2.75) is 39.8 Å². The van der Waals surface area contributed by atoms with Crippen LogP contribution in [0.15, 0.2) is 48.5 Å². The second-order valence-electron chi connectivity index (χ2n) is 6.69. The van der Waals surface area contributed by atoms with Crippen LogP contribution in [0, 0.1) is 6.92 Å². The lowest BCUT2D eigenvalue weighted by atomic mass is 10.2. The Morgan fingerprint density at radius 3 is 2.68 bits per heavy atom. The summed E-state index contributed by atoms with van der Waals surface area (Å²) in [5, 5.41) is 2.92. The molecule has 3 aromatic rings. The standard InChI is InChI=1S/C22H27N3O3/c1-4-27-15-7-14-25-20-9-6-5-8-19(20)23-22(25)24-21(26)17(3)28-18-12-10-16(2)11-13-18/h5-6,8-13,17H,4,7,14-15H2,1-3H3,(H,23,24,26). The number of amides is 1. The first-order valence-corrected chi connectivity index (χ1v) is 9.65. The second kappa shape index (κ2) is 9.37. The number of aryl methyl sites for hydroxylation is 2. The average molecular weight is 381 g/mol. The molecule has 1 unspecified atom stereocenters. The number of anilines is 1. The molecule has 1 atom stereocenters. The van der Waals surface area contributed by atoms with Gasteiger partial charge in [0.25, 0.3) is 5.91 Å². The zero-order valence-electron chi connectivity index (χ0n) is 16.6. The van der Waals surface area contributed by atoms with Crippen LogP contribution < -0.4 is 10.1 Å². The quantitative estimate of drug-likeness (QED) is 0.565. The predicted octanol–water partition coefficient (Wildman–Crippen LogP) is 4.18. The third-order valence-electron chi connectivity index (χ3n) is 4.47. The fourth-order valence-electron chi connectivity index (χ4n) is 2.95. The Bertz CT molecular complexity index is 918. The zero-order valence-corrected chi connectivity index (χ0v) is 16.6. The van der Waals surface area contributed by atoms with Crippen molar-refractivity contribution >= 4 is 22.9 Å². The van der Waals surface area contributed by atoms with Crippen molar-refractivity contribution in [3.05, 3.63) is 54.1 Å². The Morgan fingerprint density at radius 1 is 1.18 bits per heavy atom. The van der Waals surface area contributed by atoms with Crippen molar-refractivity contribution in [2.24, 2.45) is 0 Å². The van der Waals surface area contributed by atoms with E-state index >= 15 is 0 Å². The molecule has 3 rings (SSSR count). The molecule has 0 bridgehead atoms. The molecule has 0 saturated heterocycles. The number of carbonyl (C=O) groups is 1. The van der Waals surface area contributed by atoms with E-state index in [0.717, 1.165) is 23.0 Å². The van der Waals surface area contributed by atoms with Gasteiger partial charge in [-0.05, 0) is 51.5 Å². The van der Waals surface area contributed by atoms with E-state index in [0.29, 0.717) is 31.5 Å². The molecule has 148 valence electrons. The molecule has 0 aliphatic rings. The molecule has 2 aromatic carbocycles. The number of para-hydroxylation sites is 2. The maximum atomic E-state index is 12.7. The van der Waals surface area contributed by atoms with Crippen molar-refractivity contribution in [1.82, 2.24) is 9.55 Å². The summed E-state index contributed by atoms with van der Waals surface area (Å²) in [5.41, 5.74) is 2.98. The highest BCUT2D eigenvalue weighted by molar-refractivity contribution is 5.94. The van der Waals surface area contributed by atoms with Gasteiger partial charge in [0.05, 0.1) is 11.0 Å². The van der Waals surface area contributed by atoms with Crippen LogP contribution in [0.5, 0.6) is 5.75 Å². The van der Waals surface area contributed by atoms with E-state index in [4.69, 9.17) is 9.47 Å². The van der Waals surface area contributed by atoms with E-state index in [9.17, 15) is 4.79 Å². The summed E-state index contributed by atoms with van der Waals surface area (Å²) < 4.78 is 13.2. The van der Waals surface area contributed by atoms with Gasteiger partial charge in [0.2, 0.25) is 5.95 Å². The van der Waals surface area contributed by atoms with E-state index in [1.807, 2.05) is 66.9 Å². The van der Waals surface area contributed by atoms with Crippen molar-refractivity contribution < 1.29 is 14.3 Å². The van der Waals surface area contributed by atoms with Gasteiger partial charge in [-0.15, -0.1) is 0 Å². The molecular formula is C22H27N3O3. The maximum Gasteiger partial charge on any atom is 0.267 e. The number of nitrogens with zero attached hydrogens (tertiary/aromatic N) is 2. The van der Waals surface area contributed by atoms with Gasteiger partial charge in [0.1, 0.15) is 5.75 Å². The number of hydrogen-bond donors (Lipinski definition) is 1. The first-order valence-electron chi connectivity index (χ1n) is 9.65. The van der Waals surface area contributed by atoms with Gasteiger partial charge in [-0.3, -0.25) is 10.1 Å². The lowest BCUT2D eigenvalue weighted by Crippen LogP contribution is -2.31. The highest BCUT2D eigenvalue weighted by atomic mass is 16.5. The lowest BCUT2D eigenvalue weighted by molar-refractivity contribution is -0.122. The summed E-state index contributed by atoms with van der Waals surface area (Å²) in [7, 11) is 0. The molecule has 0 aliphatic heterocycles. The molecular weight excluding hydrogens is 354 g/mol. The molecule has 0 aliphatic carbocycles. The third-order valence-corrected chi connectivity index (χ3v) is 4.47. The fourth-order valence-corrected chi connectivity index (χ4v) is 2.95. The average Bonchev–Trinajstić information content (AvgIpc) is 3.04. The van der Waals surface area contributed by atoms with Crippen molar-refractivity contribution in [1.29, 1.82) is 0 Å². The summed E-state index contributed by atoms with van der Waals surface area (Å²) in [6.45, 7) is 7.80. The number of rotatable bonds is 9. The SMILES string of the molecule is CCOCCCn1c(NC(=O)C(C)Oc2ccc(C)cc2)nc2ccccc21. The van der Waals surface area contributed by atoms with Crippen LogP contribution in [0.2, 0.25) is 0 Å². The highest BCUT2D eigenvalue weighted by Crippen LogP contribution is 2.21. The van der Waals surface area contributed by atoms with Crippen LogP contribution in [0.4, 0.5) is 5.95 Å². The summed E-state index contributed by atoms with van der Waals surface area (Å²) in [4.78, 5) is 17.3. The van der Waals surface area contributed by atoms with Gasteiger partial charge >= 0.3 is 0 Å². The number of imidazole rings is 1. The topological polar surface area (TPSA) is 65.4 Å². The minimum Gasteiger partial charge on any atom is -0.481 e. The fraction of sp³-hybridized carbons (Fsp3) is 0.364. The Balaban J connectivity index is 1.72. The number of hydrogen-bond acceptors (Lipinski definition) is 4. The van der Waals surface area contributed by atoms with Crippen LogP contribution in [-0.2, 0) is 16.1 Å². The Hall–Kier alpha value is -2.86. The maximum absolute atomic E-state index is 12.7. The van der Waals surface area contributed by atoms with Gasteiger partial charge < -0.3 is 14.0 Å². The molecule has 1 N–H and O–H groups in total. The Kier molecular flexibility index (Phi) is 6.66. The first-order chi connectivity index (χ1) is 13.6. The number of aromatic nitrogens is 2. The lowest BCUT2D eigenvalue weighted by Gasteiger charge is -2.15. The normalized spacial score (nSPS) is 12.1. The number of nitrogens with one attached hydrogen (secondary N) is 1. The van der Waals surface area contributed by atoms with E-state index in [2.05, 4.69) is 10.3 Å². The Morgan fingerprint density at radius 2 is 1.93 bits per heavy atom. The molecule has 6 heteroatoms. The third kappa shape index (κ3) is 4.89. The van der Waals surface area contributed by atoms with Crippen LogP contribution in [0.25, 0.3) is 11.0 Å². The summed E-state index contributed by atoms with van der Waals surface area (Å²) in [5.74, 6) is 0.961. The number of ether oxygens (including phenoxy) is 2. The van der Waals surface area contributed by atoms with Crippen molar-refractivity contribution in [3.8, 4) is 5.75 Å². The van der Waals surface area contributed by atoms with Crippen molar-refractivity contribution in [2.75, 3.05) is 18.5 Å². The van der Waals surface area contributed by atoms with Crippen molar-refractivity contribution in [3.63, 3.8) is 0 Å². The molecule has 28 heavy (non-hydrogen) atoms. The van der Waals surface area contributed by atoms with Gasteiger partial charge in [-0.1, -0.05) is 29.8 Å². The van der Waals surface area contributed by atoms with E-state index in [-0.39, 0.29) is 5.91 Å². The molecule has 1 aromatic heterocycles. The summed E-state index contributed by atoms with van der Waals surface area (Å²) in [6, 6.07) is 15.5. The van der Waals surface area contributed by atoms with Crippen LogP contribution in [0.1, 0.15) is 25.8 Å². The first kappa shape index (κ1) is 19.9. The zero-order chi connectivity index (χ0) is 19.9. The smallest absolute Gasteiger partial charge is 0.267 e. The molecule has 1 heterocycles. The van der Waals surface area contributed by atoms with E-state index < -0.39 is 6.10 Å². The number of fused-ring (bicyclic) bond motifs is 1. The molecule has 0 fully saturated rings. The summed E-state index contributed by atoms with van der Waals surface area (Å²) in [6.07, 6.45) is 0.200. The van der Waals surface area contributed by atoms with Crippen LogP contribution in [-0.4, -0.2) is 34.8 Å². The monoisotopic (exact) mass is 381 g/mol. The van der Waals surface area contributed by atoms with E-state index in [1.54, 1.807) is 6.92 Å². The molecule has 0 radical (unpaired) electrons. The van der Waals surface area contributed by atoms with E-state index in [1.165, 1.54) is 0 Å². The largest absolute Gasteiger partial charge is 0.481 e. The molecule has 0 saturated carbocycles. The van der Waals surface area contributed by atoms with Gasteiger partial charge in [-0.2, -0.15) is 0 Å². The second-order valence-corrected chi connectivity index (χ2v) is 6.69.